The van der Waals surface area contributed by atoms with E-state index in [1.165, 1.54) is 0 Å². The Morgan fingerprint density at radius 3 is 3.17 bits per heavy atom. The van der Waals surface area contributed by atoms with Crippen molar-refractivity contribution in [1.29, 1.82) is 0 Å². The number of pyridine rings is 1. The van der Waals surface area contributed by atoms with Crippen molar-refractivity contribution in [3.8, 4) is 0 Å². The van der Waals surface area contributed by atoms with Gasteiger partial charge in [0.2, 0.25) is 0 Å². The van der Waals surface area contributed by atoms with Gasteiger partial charge in [0.1, 0.15) is 5.52 Å². The van der Waals surface area contributed by atoms with E-state index < -0.39 is 5.76 Å². The summed E-state index contributed by atoms with van der Waals surface area (Å²) >= 11 is 0. The fourth-order valence-electron chi connectivity index (χ4n) is 1.05. The van der Waals surface area contributed by atoms with Crippen LogP contribution in [0.15, 0.2) is 27.5 Å². The number of hydrogen-bond donors (Lipinski definition) is 0. The van der Waals surface area contributed by atoms with E-state index >= 15 is 0 Å². The van der Waals surface area contributed by atoms with Crippen molar-refractivity contribution in [3.05, 3.63) is 34.6 Å². The van der Waals surface area contributed by atoms with Gasteiger partial charge in [-0.2, -0.15) is 4.98 Å². The Labute approximate surface area is 67.9 Å². The summed E-state index contributed by atoms with van der Waals surface area (Å²) in [5.41, 5.74) is 1.72. The van der Waals surface area contributed by atoms with Crippen molar-refractivity contribution in [2.75, 3.05) is 0 Å². The Hall–Kier alpha value is -1.71. The van der Waals surface area contributed by atoms with Crippen LogP contribution in [-0.2, 0) is 0 Å². The van der Waals surface area contributed by atoms with E-state index in [0.29, 0.717) is 16.8 Å². The lowest BCUT2D eigenvalue weighted by Crippen LogP contribution is -2.05. The van der Waals surface area contributed by atoms with Gasteiger partial charge in [-0.05, 0) is 19.1 Å². The number of aryl methyl sites for hydroxylation is 1. The molecule has 0 aliphatic carbocycles. The van der Waals surface area contributed by atoms with Gasteiger partial charge in [-0.1, -0.05) is 0 Å². The molecule has 2 aromatic heterocycles. The quantitative estimate of drug-likeness (QED) is 0.577. The molecule has 0 N–H and O–H groups in total. The van der Waals surface area contributed by atoms with E-state index in [0.717, 1.165) is 0 Å². The molecule has 12 heavy (non-hydrogen) atoms. The second-order valence-corrected chi connectivity index (χ2v) is 2.42. The molecular formula is C8H6N2O2. The molecule has 0 amide bonds. The molecule has 2 aromatic rings. The Kier molecular flexibility index (Phi) is 1.40. The second-order valence-electron chi connectivity index (χ2n) is 2.42. The van der Waals surface area contributed by atoms with E-state index in [1.807, 2.05) is 0 Å². The molecule has 4 nitrogen and oxygen atoms in total. The van der Waals surface area contributed by atoms with Gasteiger partial charge in [-0.15, -0.1) is 0 Å². The van der Waals surface area contributed by atoms with E-state index in [1.54, 1.807) is 25.3 Å². The molecule has 60 valence electrons. The maximum absolute atomic E-state index is 10.8. The molecule has 0 aromatic carbocycles. The molecule has 0 radical (unpaired) electrons. The highest BCUT2D eigenvalue weighted by Crippen LogP contribution is 2.09. The summed E-state index contributed by atoms with van der Waals surface area (Å²) in [6.45, 7) is 1.73. The van der Waals surface area contributed by atoms with Crippen molar-refractivity contribution in [3.63, 3.8) is 0 Å². The molecule has 0 aliphatic rings. The number of rotatable bonds is 0. The molecule has 4 heteroatoms. The maximum atomic E-state index is 10.8. The normalized spacial score (nSPS) is 10.4. The molecule has 0 unspecified atom stereocenters. The van der Waals surface area contributed by atoms with Crippen LogP contribution in [0.25, 0.3) is 11.1 Å². The summed E-state index contributed by atoms with van der Waals surface area (Å²) in [6.07, 6.45) is 1.64. The van der Waals surface area contributed by atoms with Crippen LogP contribution in [0.4, 0.5) is 0 Å². The molecule has 0 saturated carbocycles. The van der Waals surface area contributed by atoms with Gasteiger partial charge >= 0.3 is 5.76 Å². The first kappa shape index (κ1) is 6.97. The third-order valence-corrected chi connectivity index (χ3v) is 1.57. The topological polar surface area (TPSA) is 56.0 Å². The van der Waals surface area contributed by atoms with Crippen LogP contribution in [0.1, 0.15) is 5.69 Å². The lowest BCUT2D eigenvalue weighted by molar-refractivity contribution is 0.527. The molecule has 2 rings (SSSR count). The molecule has 0 saturated heterocycles. The van der Waals surface area contributed by atoms with Crippen LogP contribution >= 0.6 is 0 Å². The predicted molar refractivity (Wildman–Crippen MR) is 42.8 cm³/mol. The Morgan fingerprint density at radius 1 is 1.50 bits per heavy atom. The predicted octanol–water partition coefficient (Wildman–Crippen LogP) is 0.891. The van der Waals surface area contributed by atoms with Gasteiger partial charge in [0.15, 0.2) is 5.58 Å². The summed E-state index contributed by atoms with van der Waals surface area (Å²) in [5, 5.41) is 0. The third kappa shape index (κ3) is 0.972. The van der Waals surface area contributed by atoms with Crippen LogP contribution in [0.3, 0.4) is 0 Å². The van der Waals surface area contributed by atoms with Gasteiger partial charge in [-0.3, -0.25) is 4.98 Å². The highest BCUT2D eigenvalue weighted by Gasteiger charge is 2.01. The van der Waals surface area contributed by atoms with Crippen molar-refractivity contribution in [2.45, 2.75) is 6.92 Å². The maximum Gasteiger partial charge on any atom is 0.439 e. The SMILES string of the molecule is Cc1nc(=O)oc2cccnc12. The van der Waals surface area contributed by atoms with Crippen molar-refractivity contribution < 1.29 is 4.42 Å². The monoisotopic (exact) mass is 162 g/mol. The standard InChI is InChI=1S/C8H6N2O2/c1-5-7-6(3-2-4-9-7)12-8(11)10-5/h2-4H,1H3. The average molecular weight is 162 g/mol. The lowest BCUT2D eigenvalue weighted by Gasteiger charge is -1.95. The minimum absolute atomic E-state index is 0.481. The minimum atomic E-state index is -0.576. The van der Waals surface area contributed by atoms with Crippen LogP contribution in [0, 0.1) is 6.92 Å². The van der Waals surface area contributed by atoms with Crippen LogP contribution in [0.2, 0.25) is 0 Å². The number of nitrogens with zero attached hydrogens (tertiary/aromatic N) is 2. The zero-order valence-corrected chi connectivity index (χ0v) is 6.44. The molecular weight excluding hydrogens is 156 g/mol. The molecule has 0 atom stereocenters. The summed E-state index contributed by atoms with van der Waals surface area (Å²) in [5.74, 6) is -0.576. The highest BCUT2D eigenvalue weighted by atomic mass is 16.4. The molecule has 2 heterocycles. The smallest absolute Gasteiger partial charge is 0.406 e. The number of aromatic nitrogens is 2. The summed E-state index contributed by atoms with van der Waals surface area (Å²) in [4.78, 5) is 18.4. The van der Waals surface area contributed by atoms with Gasteiger partial charge in [-0.25, -0.2) is 4.79 Å². The van der Waals surface area contributed by atoms with Gasteiger partial charge in [0.25, 0.3) is 0 Å². The van der Waals surface area contributed by atoms with Crippen molar-refractivity contribution in [2.24, 2.45) is 0 Å². The molecule has 0 spiro atoms. The van der Waals surface area contributed by atoms with Gasteiger partial charge in [0, 0.05) is 6.20 Å². The van der Waals surface area contributed by atoms with Crippen molar-refractivity contribution >= 4 is 11.1 Å². The first-order valence-corrected chi connectivity index (χ1v) is 3.50. The highest BCUT2D eigenvalue weighted by molar-refractivity contribution is 5.73. The Bertz CT molecular complexity index is 476. The lowest BCUT2D eigenvalue weighted by atomic mass is 10.3. The summed E-state index contributed by atoms with van der Waals surface area (Å²) in [7, 11) is 0. The second kappa shape index (κ2) is 2.41. The molecule has 0 bridgehead atoms. The summed E-state index contributed by atoms with van der Waals surface area (Å²) in [6, 6.07) is 3.41. The van der Waals surface area contributed by atoms with Crippen LogP contribution < -0.4 is 5.76 Å². The first-order valence-electron chi connectivity index (χ1n) is 3.50. The zero-order chi connectivity index (χ0) is 8.55. The third-order valence-electron chi connectivity index (χ3n) is 1.57. The fraction of sp³-hybridized carbons (Fsp3) is 0.125. The molecule has 0 fully saturated rings. The average Bonchev–Trinajstić information content (AvgIpc) is 2.04. The number of hydrogen-bond acceptors (Lipinski definition) is 4. The van der Waals surface area contributed by atoms with Crippen LogP contribution in [-0.4, -0.2) is 9.97 Å². The zero-order valence-electron chi connectivity index (χ0n) is 6.44. The van der Waals surface area contributed by atoms with Gasteiger partial charge in [0.05, 0.1) is 5.69 Å². The largest absolute Gasteiger partial charge is 0.439 e. The summed E-state index contributed by atoms with van der Waals surface area (Å²) < 4.78 is 4.81. The number of fused-ring (bicyclic) bond motifs is 1. The van der Waals surface area contributed by atoms with Gasteiger partial charge < -0.3 is 4.42 Å². The van der Waals surface area contributed by atoms with E-state index in [-0.39, 0.29) is 0 Å². The van der Waals surface area contributed by atoms with Crippen LogP contribution in [0.5, 0.6) is 0 Å². The Morgan fingerprint density at radius 2 is 2.33 bits per heavy atom. The van der Waals surface area contributed by atoms with E-state index in [2.05, 4.69) is 9.97 Å². The van der Waals surface area contributed by atoms with Crippen molar-refractivity contribution in [1.82, 2.24) is 9.97 Å². The Balaban J connectivity index is 2.99. The van der Waals surface area contributed by atoms with E-state index in [9.17, 15) is 4.79 Å². The minimum Gasteiger partial charge on any atom is -0.406 e. The first-order chi connectivity index (χ1) is 5.77. The van der Waals surface area contributed by atoms with E-state index in [4.69, 9.17) is 4.42 Å². The molecule has 0 aliphatic heterocycles. The fourth-order valence-corrected chi connectivity index (χ4v) is 1.05.